The number of carbonyl (C=O) groups is 1. The minimum Gasteiger partial charge on any atom is -0.376 e. The Morgan fingerprint density at radius 1 is 1.67 bits per heavy atom. The number of nitrogens with one attached hydrogen (secondary N) is 1. The third-order valence-electron chi connectivity index (χ3n) is 3.31. The lowest BCUT2D eigenvalue weighted by Gasteiger charge is -2.20. The minimum atomic E-state index is -0.0100. The van der Waals surface area contributed by atoms with Crippen LogP contribution in [0.4, 0.5) is 0 Å². The van der Waals surface area contributed by atoms with Crippen molar-refractivity contribution < 1.29 is 9.53 Å². The van der Waals surface area contributed by atoms with Crippen molar-refractivity contribution in [1.29, 1.82) is 0 Å². The first-order valence-corrected chi connectivity index (χ1v) is 6.48. The van der Waals surface area contributed by atoms with Gasteiger partial charge in [0.05, 0.1) is 17.8 Å². The number of aromatic nitrogens is 2. The monoisotopic (exact) mass is 251 g/mol. The summed E-state index contributed by atoms with van der Waals surface area (Å²) in [7, 11) is 0. The van der Waals surface area contributed by atoms with Crippen LogP contribution >= 0.6 is 0 Å². The van der Waals surface area contributed by atoms with Crippen molar-refractivity contribution in [3.63, 3.8) is 0 Å². The molecule has 5 nitrogen and oxygen atoms in total. The Balaban J connectivity index is 1.86. The normalized spacial score (nSPS) is 20.9. The lowest BCUT2D eigenvalue weighted by atomic mass is 10.1. The maximum absolute atomic E-state index is 11.9. The van der Waals surface area contributed by atoms with E-state index in [4.69, 9.17) is 4.74 Å². The van der Waals surface area contributed by atoms with E-state index in [1.165, 1.54) is 0 Å². The van der Waals surface area contributed by atoms with E-state index >= 15 is 0 Å². The quantitative estimate of drug-likeness (QED) is 0.874. The Morgan fingerprint density at radius 3 is 3.00 bits per heavy atom. The van der Waals surface area contributed by atoms with Crippen LogP contribution in [0.5, 0.6) is 0 Å². The number of nitrogens with zero attached hydrogens (tertiary/aromatic N) is 2. The van der Waals surface area contributed by atoms with Gasteiger partial charge in [0.2, 0.25) is 5.91 Å². The van der Waals surface area contributed by atoms with Crippen molar-refractivity contribution in [2.24, 2.45) is 0 Å². The summed E-state index contributed by atoms with van der Waals surface area (Å²) in [5, 5.41) is 7.26. The Bertz CT molecular complexity index is 422. The third kappa shape index (κ3) is 3.10. The highest BCUT2D eigenvalue weighted by Crippen LogP contribution is 2.15. The average molecular weight is 251 g/mol. The van der Waals surface area contributed by atoms with Crippen molar-refractivity contribution in [1.82, 2.24) is 15.1 Å². The standard InChI is InChI=1S/C13H21N3O2/c1-9-7-10(2)16(15-9)8-13(17)14-11(3)12-5-4-6-18-12/h7,11-12H,4-6,8H2,1-3H3,(H,14,17)/t11-,12-/m0/s1. The topological polar surface area (TPSA) is 56.2 Å². The molecule has 1 amide bonds. The van der Waals surface area contributed by atoms with Crippen LogP contribution in [0, 0.1) is 13.8 Å². The second kappa shape index (κ2) is 5.52. The molecule has 0 unspecified atom stereocenters. The van der Waals surface area contributed by atoms with Gasteiger partial charge in [0.25, 0.3) is 0 Å². The molecule has 1 fully saturated rings. The Hall–Kier alpha value is -1.36. The smallest absolute Gasteiger partial charge is 0.242 e. The summed E-state index contributed by atoms with van der Waals surface area (Å²) < 4.78 is 7.29. The fourth-order valence-electron chi connectivity index (χ4n) is 2.36. The largest absolute Gasteiger partial charge is 0.376 e. The Kier molecular flexibility index (Phi) is 4.01. The zero-order chi connectivity index (χ0) is 13.1. The minimum absolute atomic E-state index is 0.0100. The fourth-order valence-corrected chi connectivity index (χ4v) is 2.36. The van der Waals surface area contributed by atoms with E-state index < -0.39 is 0 Å². The molecule has 5 heteroatoms. The average Bonchev–Trinajstić information content (AvgIpc) is 2.89. The van der Waals surface area contributed by atoms with Crippen molar-refractivity contribution in [2.75, 3.05) is 6.61 Å². The van der Waals surface area contributed by atoms with Gasteiger partial charge in [-0.1, -0.05) is 0 Å². The van der Waals surface area contributed by atoms with Gasteiger partial charge in [0.15, 0.2) is 0 Å². The molecule has 100 valence electrons. The lowest BCUT2D eigenvalue weighted by Crippen LogP contribution is -2.42. The second-order valence-corrected chi connectivity index (χ2v) is 4.99. The molecular formula is C13H21N3O2. The number of ether oxygens (including phenoxy) is 1. The highest BCUT2D eigenvalue weighted by molar-refractivity contribution is 5.76. The molecule has 0 aromatic carbocycles. The van der Waals surface area contributed by atoms with Crippen LogP contribution < -0.4 is 5.32 Å². The summed E-state index contributed by atoms with van der Waals surface area (Å²) >= 11 is 0. The van der Waals surface area contributed by atoms with E-state index in [2.05, 4.69) is 10.4 Å². The SMILES string of the molecule is Cc1cc(C)n(CC(=O)N[C@@H](C)[C@@H]2CCCO2)n1. The first-order chi connectivity index (χ1) is 8.56. The molecule has 2 rings (SSSR count). The van der Waals surface area contributed by atoms with Gasteiger partial charge < -0.3 is 10.1 Å². The van der Waals surface area contributed by atoms with Crippen LogP contribution in [0.2, 0.25) is 0 Å². The molecule has 1 aliphatic rings. The van der Waals surface area contributed by atoms with E-state index in [0.717, 1.165) is 30.8 Å². The summed E-state index contributed by atoms with van der Waals surface area (Å²) in [6, 6.07) is 2.04. The molecule has 0 spiro atoms. The molecular weight excluding hydrogens is 230 g/mol. The zero-order valence-corrected chi connectivity index (χ0v) is 11.3. The molecule has 1 N–H and O–H groups in total. The lowest BCUT2D eigenvalue weighted by molar-refractivity contribution is -0.123. The summed E-state index contributed by atoms with van der Waals surface area (Å²) in [5.74, 6) is -0.0100. The van der Waals surface area contributed by atoms with Gasteiger partial charge in [0.1, 0.15) is 6.54 Å². The number of hydrogen-bond donors (Lipinski definition) is 1. The van der Waals surface area contributed by atoms with E-state index in [-0.39, 0.29) is 24.6 Å². The Morgan fingerprint density at radius 2 is 2.44 bits per heavy atom. The first kappa shape index (κ1) is 13.1. The van der Waals surface area contributed by atoms with Crippen LogP contribution in [0.25, 0.3) is 0 Å². The number of hydrogen-bond acceptors (Lipinski definition) is 3. The molecule has 0 saturated carbocycles. The van der Waals surface area contributed by atoms with Gasteiger partial charge >= 0.3 is 0 Å². The van der Waals surface area contributed by atoms with Gasteiger partial charge in [-0.3, -0.25) is 9.48 Å². The number of carbonyl (C=O) groups excluding carboxylic acids is 1. The number of aryl methyl sites for hydroxylation is 2. The van der Waals surface area contributed by atoms with Gasteiger partial charge in [-0.05, 0) is 39.7 Å². The van der Waals surface area contributed by atoms with E-state index in [1.807, 2.05) is 26.8 Å². The highest BCUT2D eigenvalue weighted by Gasteiger charge is 2.23. The van der Waals surface area contributed by atoms with Gasteiger partial charge in [0, 0.05) is 12.3 Å². The summed E-state index contributed by atoms with van der Waals surface area (Å²) in [5.41, 5.74) is 1.94. The maximum atomic E-state index is 11.9. The molecule has 1 aliphatic heterocycles. The Labute approximate surface area is 108 Å². The van der Waals surface area contributed by atoms with Crippen LogP contribution in [0.15, 0.2) is 6.07 Å². The van der Waals surface area contributed by atoms with Gasteiger partial charge in [-0.15, -0.1) is 0 Å². The molecule has 0 radical (unpaired) electrons. The molecule has 1 aromatic rings. The van der Waals surface area contributed by atoms with E-state index in [9.17, 15) is 4.79 Å². The van der Waals surface area contributed by atoms with Crippen molar-refractivity contribution in [3.05, 3.63) is 17.5 Å². The van der Waals surface area contributed by atoms with Gasteiger partial charge in [-0.25, -0.2) is 0 Å². The van der Waals surface area contributed by atoms with Gasteiger partial charge in [-0.2, -0.15) is 5.10 Å². The number of amides is 1. The molecule has 1 aromatic heterocycles. The van der Waals surface area contributed by atoms with Crippen LogP contribution in [0.3, 0.4) is 0 Å². The van der Waals surface area contributed by atoms with E-state index in [1.54, 1.807) is 4.68 Å². The first-order valence-electron chi connectivity index (χ1n) is 6.48. The van der Waals surface area contributed by atoms with Crippen LogP contribution in [-0.2, 0) is 16.1 Å². The van der Waals surface area contributed by atoms with Crippen LogP contribution in [-0.4, -0.2) is 34.4 Å². The van der Waals surface area contributed by atoms with Crippen LogP contribution in [0.1, 0.15) is 31.2 Å². The highest BCUT2D eigenvalue weighted by atomic mass is 16.5. The molecule has 0 aliphatic carbocycles. The predicted molar refractivity (Wildman–Crippen MR) is 68.3 cm³/mol. The maximum Gasteiger partial charge on any atom is 0.242 e. The molecule has 1 saturated heterocycles. The molecule has 2 atom stereocenters. The van der Waals surface area contributed by atoms with Crippen molar-refractivity contribution in [2.45, 2.75) is 52.3 Å². The molecule has 2 heterocycles. The summed E-state index contributed by atoms with van der Waals surface area (Å²) in [6.45, 7) is 6.96. The number of rotatable bonds is 4. The molecule has 0 bridgehead atoms. The van der Waals surface area contributed by atoms with E-state index in [0.29, 0.717) is 0 Å². The molecule has 18 heavy (non-hydrogen) atoms. The third-order valence-corrected chi connectivity index (χ3v) is 3.31. The summed E-state index contributed by atoms with van der Waals surface area (Å²) in [4.78, 5) is 11.9. The fraction of sp³-hybridized carbons (Fsp3) is 0.692. The summed E-state index contributed by atoms with van der Waals surface area (Å²) in [6.07, 6.45) is 2.28. The van der Waals surface area contributed by atoms with Crippen molar-refractivity contribution in [3.8, 4) is 0 Å². The van der Waals surface area contributed by atoms with Crippen molar-refractivity contribution >= 4 is 5.91 Å². The second-order valence-electron chi connectivity index (χ2n) is 4.99. The zero-order valence-electron chi connectivity index (χ0n) is 11.3. The predicted octanol–water partition coefficient (Wildman–Crippen LogP) is 1.18.